The van der Waals surface area contributed by atoms with Crippen molar-refractivity contribution in [2.45, 2.75) is 90.0 Å². The van der Waals surface area contributed by atoms with Gasteiger partial charge in [-0.3, -0.25) is 4.79 Å². The molecule has 4 rings (SSSR count). The van der Waals surface area contributed by atoms with Crippen LogP contribution in [-0.4, -0.2) is 5.91 Å². The van der Waals surface area contributed by atoms with Gasteiger partial charge >= 0.3 is 0 Å². The van der Waals surface area contributed by atoms with E-state index in [1.165, 1.54) is 49.7 Å². The summed E-state index contributed by atoms with van der Waals surface area (Å²) >= 11 is 6.18. The number of hydrogen-bond acceptors (Lipinski definition) is 2. The summed E-state index contributed by atoms with van der Waals surface area (Å²) in [7, 11) is 0. The molecular weight excluding hydrogens is 416 g/mol. The van der Waals surface area contributed by atoms with Crippen molar-refractivity contribution in [2.75, 3.05) is 10.6 Å². The molecule has 172 valence electrons. The molecule has 2 unspecified atom stereocenters. The third-order valence-corrected chi connectivity index (χ3v) is 7.64. The number of carbonyl (C=O) groups is 1. The first-order valence-electron chi connectivity index (χ1n) is 12.5. The number of fused-ring (bicyclic) bond motifs is 1. The quantitative estimate of drug-likeness (QED) is 0.442. The molecule has 2 aliphatic rings. The van der Waals surface area contributed by atoms with E-state index in [9.17, 15) is 4.79 Å². The summed E-state index contributed by atoms with van der Waals surface area (Å²) < 4.78 is 0. The standard InChI is InChI=1S/C28H37ClN2O/c1-19-14-15-26(30-23-12-7-11-22(29)17-23)25-16-20(2)27(18-24(19)25)31-28(32)13-6-10-21-8-4-3-5-9-21/h7,11-12,16-19,21,26,30H,3-6,8-10,13-15H2,1-2H3,(H,31,32). The minimum absolute atomic E-state index is 0.154. The fraction of sp³-hybridized carbons (Fsp3) is 0.536. The second-order valence-electron chi connectivity index (χ2n) is 9.93. The maximum absolute atomic E-state index is 12.7. The lowest BCUT2D eigenvalue weighted by Crippen LogP contribution is -2.21. The predicted molar refractivity (Wildman–Crippen MR) is 136 cm³/mol. The fourth-order valence-electron chi connectivity index (χ4n) is 5.51. The number of nitrogens with one attached hydrogen (secondary N) is 2. The van der Waals surface area contributed by atoms with Crippen LogP contribution in [0.1, 0.15) is 99.8 Å². The molecule has 0 heterocycles. The molecule has 0 bridgehead atoms. The number of halogens is 1. The topological polar surface area (TPSA) is 41.1 Å². The van der Waals surface area contributed by atoms with Crippen LogP contribution in [0.4, 0.5) is 11.4 Å². The molecule has 0 radical (unpaired) electrons. The van der Waals surface area contributed by atoms with Gasteiger partial charge in [-0.1, -0.05) is 62.8 Å². The van der Waals surface area contributed by atoms with Gasteiger partial charge in [0.1, 0.15) is 0 Å². The number of amides is 1. The van der Waals surface area contributed by atoms with Crippen molar-refractivity contribution in [3.05, 3.63) is 58.1 Å². The average molecular weight is 453 g/mol. The van der Waals surface area contributed by atoms with Crippen molar-refractivity contribution in [3.8, 4) is 0 Å². The van der Waals surface area contributed by atoms with Crippen LogP contribution in [0.5, 0.6) is 0 Å². The Morgan fingerprint density at radius 2 is 1.84 bits per heavy atom. The van der Waals surface area contributed by atoms with Crippen LogP contribution in [-0.2, 0) is 4.79 Å². The summed E-state index contributed by atoms with van der Waals surface area (Å²) in [6, 6.07) is 12.7. The van der Waals surface area contributed by atoms with Crippen molar-refractivity contribution in [1.82, 2.24) is 0 Å². The monoisotopic (exact) mass is 452 g/mol. The van der Waals surface area contributed by atoms with E-state index in [1.54, 1.807) is 0 Å². The molecule has 2 atom stereocenters. The highest BCUT2D eigenvalue weighted by molar-refractivity contribution is 6.30. The molecule has 1 fully saturated rings. The van der Waals surface area contributed by atoms with Crippen LogP contribution >= 0.6 is 11.6 Å². The van der Waals surface area contributed by atoms with Crippen LogP contribution in [0.15, 0.2) is 36.4 Å². The summed E-state index contributed by atoms with van der Waals surface area (Å²) in [6.45, 7) is 4.40. The highest BCUT2D eigenvalue weighted by atomic mass is 35.5. The van der Waals surface area contributed by atoms with E-state index in [-0.39, 0.29) is 11.9 Å². The van der Waals surface area contributed by atoms with Gasteiger partial charge in [-0.05, 0) is 85.4 Å². The molecule has 32 heavy (non-hydrogen) atoms. The molecule has 1 amide bonds. The molecule has 4 heteroatoms. The van der Waals surface area contributed by atoms with Crippen LogP contribution in [0.25, 0.3) is 0 Å². The average Bonchev–Trinajstić information content (AvgIpc) is 2.77. The van der Waals surface area contributed by atoms with Crippen molar-refractivity contribution < 1.29 is 4.79 Å². The Hall–Kier alpha value is -2.00. The first kappa shape index (κ1) is 23.2. The maximum atomic E-state index is 12.7. The minimum Gasteiger partial charge on any atom is -0.378 e. The van der Waals surface area contributed by atoms with E-state index < -0.39 is 0 Å². The smallest absolute Gasteiger partial charge is 0.224 e. The third kappa shape index (κ3) is 5.86. The summed E-state index contributed by atoms with van der Waals surface area (Å²) in [5.74, 6) is 1.48. The van der Waals surface area contributed by atoms with Crippen LogP contribution in [0, 0.1) is 12.8 Å². The van der Waals surface area contributed by atoms with Gasteiger partial charge in [-0.2, -0.15) is 0 Å². The van der Waals surface area contributed by atoms with Gasteiger partial charge in [0.15, 0.2) is 0 Å². The molecule has 2 N–H and O–H groups in total. The number of hydrogen-bond donors (Lipinski definition) is 2. The van der Waals surface area contributed by atoms with Crippen molar-refractivity contribution in [2.24, 2.45) is 5.92 Å². The number of benzene rings is 2. The lowest BCUT2D eigenvalue weighted by Gasteiger charge is -2.32. The minimum atomic E-state index is 0.154. The number of anilines is 2. The highest BCUT2D eigenvalue weighted by Crippen LogP contribution is 2.41. The molecule has 0 aliphatic heterocycles. The van der Waals surface area contributed by atoms with E-state index in [4.69, 9.17) is 11.6 Å². The van der Waals surface area contributed by atoms with E-state index >= 15 is 0 Å². The Balaban J connectivity index is 1.41. The summed E-state index contributed by atoms with van der Waals surface area (Å²) in [4.78, 5) is 12.7. The Kier molecular flexibility index (Phi) is 7.78. The second-order valence-corrected chi connectivity index (χ2v) is 10.4. The van der Waals surface area contributed by atoms with Gasteiger partial charge in [0.2, 0.25) is 5.91 Å². The van der Waals surface area contributed by atoms with Crippen LogP contribution in [0.2, 0.25) is 5.02 Å². The van der Waals surface area contributed by atoms with Crippen molar-refractivity contribution in [3.63, 3.8) is 0 Å². The Morgan fingerprint density at radius 1 is 1.03 bits per heavy atom. The molecular formula is C28H37ClN2O. The molecule has 2 aromatic carbocycles. The third-order valence-electron chi connectivity index (χ3n) is 7.41. The summed E-state index contributed by atoms with van der Waals surface area (Å²) in [5.41, 5.74) is 5.85. The zero-order chi connectivity index (χ0) is 22.5. The van der Waals surface area contributed by atoms with E-state index in [0.29, 0.717) is 12.3 Å². The normalized spacial score (nSPS) is 21.1. The summed E-state index contributed by atoms with van der Waals surface area (Å²) in [5, 5.41) is 7.63. The largest absolute Gasteiger partial charge is 0.378 e. The molecule has 0 aromatic heterocycles. The van der Waals surface area contributed by atoms with E-state index in [2.05, 4.69) is 42.7 Å². The number of rotatable bonds is 7. The summed E-state index contributed by atoms with van der Waals surface area (Å²) in [6.07, 6.45) is 11.9. The van der Waals surface area contributed by atoms with Gasteiger partial charge in [0, 0.05) is 22.8 Å². The van der Waals surface area contributed by atoms with Gasteiger partial charge in [-0.25, -0.2) is 0 Å². The molecule has 2 aromatic rings. The fourth-order valence-corrected chi connectivity index (χ4v) is 5.70. The number of carbonyl (C=O) groups excluding carboxylic acids is 1. The Bertz CT molecular complexity index is 935. The predicted octanol–water partition coefficient (Wildman–Crippen LogP) is 8.39. The Labute approximate surface area is 198 Å². The first-order chi connectivity index (χ1) is 15.5. The van der Waals surface area contributed by atoms with E-state index in [0.717, 1.165) is 47.1 Å². The molecule has 1 saturated carbocycles. The molecule has 0 spiro atoms. The van der Waals surface area contributed by atoms with Crippen LogP contribution in [0.3, 0.4) is 0 Å². The highest BCUT2D eigenvalue weighted by Gasteiger charge is 2.26. The molecule has 2 aliphatic carbocycles. The molecule has 3 nitrogen and oxygen atoms in total. The van der Waals surface area contributed by atoms with Gasteiger partial charge in [0.25, 0.3) is 0 Å². The van der Waals surface area contributed by atoms with Crippen molar-refractivity contribution in [1.29, 1.82) is 0 Å². The maximum Gasteiger partial charge on any atom is 0.224 e. The zero-order valence-electron chi connectivity index (χ0n) is 19.6. The zero-order valence-corrected chi connectivity index (χ0v) is 20.3. The SMILES string of the molecule is Cc1cc2c(cc1NC(=O)CCCC1CCCCC1)C(C)CCC2Nc1cccc(Cl)c1. The van der Waals surface area contributed by atoms with E-state index in [1.807, 2.05) is 18.2 Å². The lowest BCUT2D eigenvalue weighted by molar-refractivity contribution is -0.116. The number of aryl methyl sites for hydroxylation is 1. The van der Waals surface area contributed by atoms with Crippen LogP contribution < -0.4 is 10.6 Å². The second kappa shape index (κ2) is 10.7. The van der Waals surface area contributed by atoms with Gasteiger partial charge < -0.3 is 10.6 Å². The van der Waals surface area contributed by atoms with Crippen molar-refractivity contribution >= 4 is 28.9 Å². The lowest BCUT2D eigenvalue weighted by atomic mass is 9.79. The van der Waals surface area contributed by atoms with Gasteiger partial charge in [-0.15, -0.1) is 0 Å². The van der Waals surface area contributed by atoms with Gasteiger partial charge in [0.05, 0.1) is 6.04 Å². The molecule has 0 saturated heterocycles. The Morgan fingerprint density at radius 3 is 2.62 bits per heavy atom. The first-order valence-corrected chi connectivity index (χ1v) is 12.8.